The SMILES string of the molecule is C[C@@H]1C(N=C(Nc2ccc3c(=O)n(CCc4ccc(Cl)cc4)c(-c4cn(C)cn4)nc3c2)N2CC(=O)N[C@@H](C)C2)C[C@@H]2C[C@H]1C2(C)C. The van der Waals surface area contributed by atoms with Crippen LogP contribution in [0.1, 0.15) is 46.1 Å². The third-order valence-corrected chi connectivity index (χ3v) is 11.1. The Balaban J connectivity index is 1.24. The molecule has 1 amide bonds. The molecule has 0 radical (unpaired) electrons. The van der Waals surface area contributed by atoms with Crippen LogP contribution in [0.4, 0.5) is 5.69 Å². The Hall–Kier alpha value is -4.18. The van der Waals surface area contributed by atoms with Crippen LogP contribution in [0.5, 0.6) is 0 Å². The smallest absolute Gasteiger partial charge is 0.261 e. The quantitative estimate of drug-likeness (QED) is 0.214. The zero-order valence-electron chi connectivity index (χ0n) is 27.7. The van der Waals surface area contributed by atoms with Crippen molar-refractivity contribution >= 4 is 40.1 Å². The standard InChI is InChI=1S/C36H43ClN8O2/c1-21-17-44(19-32(46)39-21)35(42-29-15-24-14-28(22(29)2)36(24,3)4)40-26-10-11-27-30(16-26)41-33(31-18-43(5)20-38-31)45(34(27)47)13-12-23-6-8-25(37)9-7-23/h6-11,16,18,20-22,24,28-29H,12-15,17,19H2,1-5H3,(H,39,46)(H,40,42)/t21-,22-,24-,28+,29?/m0/s1. The number of aryl methyl sites for hydroxylation is 2. The van der Waals surface area contributed by atoms with E-state index in [9.17, 15) is 9.59 Å². The van der Waals surface area contributed by atoms with Gasteiger partial charge in [-0.2, -0.15) is 0 Å². The summed E-state index contributed by atoms with van der Waals surface area (Å²) in [6.07, 6.45) is 6.55. The lowest BCUT2D eigenvalue weighted by atomic mass is 9.45. The van der Waals surface area contributed by atoms with Gasteiger partial charge in [-0.15, -0.1) is 0 Å². The minimum atomic E-state index is -0.121. The molecule has 47 heavy (non-hydrogen) atoms. The molecule has 2 N–H and O–H groups in total. The van der Waals surface area contributed by atoms with E-state index < -0.39 is 0 Å². The fourth-order valence-electron chi connectivity index (χ4n) is 7.99. The Morgan fingerprint density at radius 2 is 1.91 bits per heavy atom. The molecule has 3 saturated carbocycles. The van der Waals surface area contributed by atoms with Gasteiger partial charge in [0.05, 0.1) is 29.8 Å². The number of fused-ring (bicyclic) bond motifs is 3. The molecule has 1 aliphatic heterocycles. The van der Waals surface area contributed by atoms with Crippen molar-refractivity contribution in [1.29, 1.82) is 0 Å². The van der Waals surface area contributed by atoms with Crippen LogP contribution in [0.2, 0.25) is 5.02 Å². The number of rotatable bonds is 6. The first kappa shape index (κ1) is 31.4. The maximum atomic E-state index is 14.0. The Kier molecular flexibility index (Phi) is 8.10. The molecule has 2 aromatic carbocycles. The molecule has 2 aromatic heterocycles. The topological polar surface area (TPSA) is 109 Å². The number of hydrogen-bond acceptors (Lipinski definition) is 5. The molecule has 5 atom stereocenters. The fourth-order valence-corrected chi connectivity index (χ4v) is 8.12. The van der Waals surface area contributed by atoms with Gasteiger partial charge in [-0.25, -0.2) is 15.0 Å². The fraction of sp³-hybridized carbons (Fsp3) is 0.472. The molecule has 246 valence electrons. The van der Waals surface area contributed by atoms with Crippen LogP contribution in [0.3, 0.4) is 0 Å². The van der Waals surface area contributed by atoms with Crippen molar-refractivity contribution in [2.45, 2.75) is 65.6 Å². The van der Waals surface area contributed by atoms with E-state index >= 15 is 0 Å². The van der Waals surface area contributed by atoms with E-state index in [4.69, 9.17) is 21.6 Å². The molecule has 11 heteroatoms. The number of imidazole rings is 1. The summed E-state index contributed by atoms with van der Waals surface area (Å²) in [5.74, 6) is 2.97. The molecule has 1 unspecified atom stereocenters. The maximum Gasteiger partial charge on any atom is 0.261 e. The highest BCUT2D eigenvalue weighted by molar-refractivity contribution is 6.30. The van der Waals surface area contributed by atoms with Crippen molar-refractivity contribution in [3.63, 3.8) is 0 Å². The number of benzene rings is 2. The minimum absolute atomic E-state index is 0.00454. The Labute approximate surface area is 280 Å². The van der Waals surface area contributed by atoms with Crippen molar-refractivity contribution < 1.29 is 4.79 Å². The normalized spacial score (nSPS) is 25.4. The summed E-state index contributed by atoms with van der Waals surface area (Å²) < 4.78 is 3.56. The molecule has 10 nitrogen and oxygen atoms in total. The number of piperazine rings is 1. The van der Waals surface area contributed by atoms with Crippen molar-refractivity contribution in [2.75, 3.05) is 18.4 Å². The number of amides is 1. The monoisotopic (exact) mass is 654 g/mol. The molecular weight excluding hydrogens is 612 g/mol. The number of guanidine groups is 1. The Bertz CT molecular complexity index is 1910. The predicted octanol–water partition coefficient (Wildman–Crippen LogP) is 5.35. The Morgan fingerprint density at radius 1 is 1.13 bits per heavy atom. The van der Waals surface area contributed by atoms with Gasteiger partial charge in [-0.3, -0.25) is 14.2 Å². The van der Waals surface area contributed by atoms with E-state index in [1.54, 1.807) is 10.9 Å². The van der Waals surface area contributed by atoms with E-state index in [1.807, 2.05) is 72.1 Å². The van der Waals surface area contributed by atoms with Gasteiger partial charge in [-0.05, 0) is 85.3 Å². The zero-order valence-corrected chi connectivity index (χ0v) is 28.5. The van der Waals surface area contributed by atoms with E-state index in [0.29, 0.717) is 76.1 Å². The summed E-state index contributed by atoms with van der Waals surface area (Å²) in [6.45, 7) is 10.5. The number of carbonyl (C=O) groups excluding carboxylic acids is 1. The van der Waals surface area contributed by atoms with Gasteiger partial charge in [0.1, 0.15) is 5.69 Å². The van der Waals surface area contributed by atoms with Crippen LogP contribution in [-0.4, -0.2) is 61.0 Å². The first-order valence-electron chi connectivity index (χ1n) is 16.6. The number of aliphatic imine (C=N–C) groups is 1. The molecule has 0 spiro atoms. The number of nitrogens with zero attached hydrogens (tertiary/aromatic N) is 6. The lowest BCUT2D eigenvalue weighted by molar-refractivity contribution is -0.124. The zero-order chi connectivity index (χ0) is 33.0. The molecule has 2 bridgehead atoms. The molecule has 3 heterocycles. The van der Waals surface area contributed by atoms with Crippen molar-refractivity contribution in [3.05, 3.63) is 75.9 Å². The van der Waals surface area contributed by atoms with Crippen molar-refractivity contribution in [1.82, 2.24) is 29.3 Å². The van der Waals surface area contributed by atoms with E-state index in [0.717, 1.165) is 17.7 Å². The third kappa shape index (κ3) is 6.04. The van der Waals surface area contributed by atoms with Gasteiger partial charge in [0, 0.05) is 43.1 Å². The van der Waals surface area contributed by atoms with Gasteiger partial charge in [0.2, 0.25) is 5.91 Å². The largest absolute Gasteiger partial charge is 0.350 e. The van der Waals surface area contributed by atoms with Crippen LogP contribution < -0.4 is 16.2 Å². The lowest BCUT2D eigenvalue weighted by Crippen LogP contribution is -2.58. The van der Waals surface area contributed by atoms with Crippen LogP contribution in [0.15, 0.2) is 64.8 Å². The summed E-state index contributed by atoms with van der Waals surface area (Å²) >= 11 is 6.09. The second kappa shape index (κ2) is 12.1. The van der Waals surface area contributed by atoms with Crippen LogP contribution >= 0.6 is 11.6 Å². The number of aromatic nitrogens is 4. The summed E-state index contributed by atoms with van der Waals surface area (Å²) in [7, 11) is 1.90. The van der Waals surface area contributed by atoms with Gasteiger partial charge >= 0.3 is 0 Å². The van der Waals surface area contributed by atoms with Crippen LogP contribution in [0.25, 0.3) is 22.4 Å². The Morgan fingerprint density at radius 3 is 2.60 bits per heavy atom. The van der Waals surface area contributed by atoms with Crippen molar-refractivity contribution in [2.24, 2.45) is 35.2 Å². The minimum Gasteiger partial charge on any atom is -0.350 e. The molecule has 4 aliphatic rings. The first-order chi connectivity index (χ1) is 22.5. The van der Waals surface area contributed by atoms with Gasteiger partial charge < -0.3 is 20.1 Å². The lowest BCUT2D eigenvalue weighted by Gasteiger charge is -2.61. The summed E-state index contributed by atoms with van der Waals surface area (Å²) in [5.41, 5.74) is 3.28. The maximum absolute atomic E-state index is 14.0. The highest BCUT2D eigenvalue weighted by Gasteiger charge is 2.56. The van der Waals surface area contributed by atoms with E-state index in [1.165, 1.54) is 6.42 Å². The van der Waals surface area contributed by atoms with Gasteiger partial charge in [0.15, 0.2) is 11.8 Å². The molecule has 4 fully saturated rings. The molecular formula is C36H43ClN8O2. The summed E-state index contributed by atoms with van der Waals surface area (Å²) in [5, 5.41) is 7.79. The second-order valence-corrected chi connectivity index (χ2v) is 14.8. The summed E-state index contributed by atoms with van der Waals surface area (Å²) in [6, 6.07) is 13.5. The average molecular weight is 655 g/mol. The highest BCUT2D eigenvalue weighted by atomic mass is 35.5. The number of carbonyl (C=O) groups is 1. The molecule has 8 rings (SSSR count). The molecule has 3 aliphatic carbocycles. The number of anilines is 1. The van der Waals surface area contributed by atoms with E-state index in [2.05, 4.69) is 36.4 Å². The first-order valence-corrected chi connectivity index (χ1v) is 17.0. The van der Waals surface area contributed by atoms with Crippen LogP contribution in [-0.2, 0) is 24.8 Å². The van der Waals surface area contributed by atoms with Crippen LogP contribution in [0, 0.1) is 23.2 Å². The number of hydrogen-bond donors (Lipinski definition) is 2. The molecule has 1 saturated heterocycles. The van der Waals surface area contributed by atoms with E-state index in [-0.39, 0.29) is 30.1 Å². The predicted molar refractivity (Wildman–Crippen MR) is 187 cm³/mol. The second-order valence-electron chi connectivity index (χ2n) is 14.4. The number of halogens is 1. The summed E-state index contributed by atoms with van der Waals surface area (Å²) in [4.78, 5) is 43.6. The number of nitrogens with one attached hydrogen (secondary N) is 2. The molecule has 4 aromatic rings. The average Bonchev–Trinajstić information content (AvgIpc) is 3.47. The van der Waals surface area contributed by atoms with Gasteiger partial charge in [-0.1, -0.05) is 44.5 Å². The highest BCUT2D eigenvalue weighted by Crippen LogP contribution is 2.61. The van der Waals surface area contributed by atoms with Gasteiger partial charge in [0.25, 0.3) is 5.56 Å². The van der Waals surface area contributed by atoms with Crippen molar-refractivity contribution in [3.8, 4) is 11.5 Å². The third-order valence-electron chi connectivity index (χ3n) is 10.8.